The van der Waals surface area contributed by atoms with E-state index in [4.69, 9.17) is 9.47 Å². The number of alkyl halides is 3. The first-order valence-electron chi connectivity index (χ1n) is 6.07. The molecule has 1 heterocycles. The number of halogens is 3. The molecule has 0 N–H and O–H groups in total. The van der Waals surface area contributed by atoms with Crippen LogP contribution in [0.3, 0.4) is 0 Å². The molecule has 0 saturated heterocycles. The van der Waals surface area contributed by atoms with E-state index in [1.54, 1.807) is 0 Å². The van der Waals surface area contributed by atoms with Gasteiger partial charge < -0.3 is 9.47 Å². The van der Waals surface area contributed by atoms with Gasteiger partial charge in [0, 0.05) is 6.92 Å². The van der Waals surface area contributed by atoms with Gasteiger partial charge in [-0.15, -0.1) is 0 Å². The van der Waals surface area contributed by atoms with E-state index in [-0.39, 0.29) is 23.1 Å². The van der Waals surface area contributed by atoms with Gasteiger partial charge in [-0.1, -0.05) is 0 Å². The summed E-state index contributed by atoms with van der Waals surface area (Å²) in [5.74, 6) is -0.763. The summed E-state index contributed by atoms with van der Waals surface area (Å²) in [7, 11) is 1.27. The van der Waals surface area contributed by atoms with Gasteiger partial charge >= 0.3 is 6.18 Å². The number of hydrogen-bond acceptors (Lipinski definition) is 5. The van der Waals surface area contributed by atoms with Gasteiger partial charge in [0.1, 0.15) is 17.1 Å². The van der Waals surface area contributed by atoms with E-state index < -0.39 is 17.5 Å². The highest BCUT2D eigenvalue weighted by molar-refractivity contribution is 5.90. The number of carbonyl (C=O) groups excluding carboxylic acids is 1. The summed E-state index contributed by atoms with van der Waals surface area (Å²) in [4.78, 5) is 18.5. The Morgan fingerprint density at radius 3 is 2.27 bits per heavy atom. The molecule has 0 aliphatic heterocycles. The molecule has 0 fully saturated rings. The van der Waals surface area contributed by atoms with Crippen LogP contribution in [0.5, 0.6) is 17.2 Å². The van der Waals surface area contributed by atoms with E-state index in [2.05, 4.69) is 9.97 Å². The van der Waals surface area contributed by atoms with Crippen LogP contribution in [-0.4, -0.2) is 22.9 Å². The largest absolute Gasteiger partial charge is 0.497 e. The van der Waals surface area contributed by atoms with Crippen LogP contribution in [0.1, 0.15) is 23.1 Å². The Labute approximate surface area is 123 Å². The number of Topliss-reactive ketones (excluding diaryl/α,β-unsaturated/α-hetero) is 1. The molecule has 0 aliphatic rings. The maximum absolute atomic E-state index is 13.0. The SMILES string of the molecule is COc1ccc(Oc2cnc(C(C)=O)nc2)c(C(F)(F)F)c1. The highest BCUT2D eigenvalue weighted by Crippen LogP contribution is 2.39. The Morgan fingerprint density at radius 2 is 1.77 bits per heavy atom. The molecule has 0 unspecified atom stereocenters. The zero-order valence-electron chi connectivity index (χ0n) is 11.6. The lowest BCUT2D eigenvalue weighted by atomic mass is 10.2. The van der Waals surface area contributed by atoms with Crippen LogP contribution < -0.4 is 9.47 Å². The molecule has 0 aliphatic carbocycles. The summed E-state index contributed by atoms with van der Waals surface area (Å²) in [5.41, 5.74) is -0.984. The monoisotopic (exact) mass is 312 g/mol. The van der Waals surface area contributed by atoms with Gasteiger partial charge in [0.05, 0.1) is 19.5 Å². The van der Waals surface area contributed by atoms with E-state index in [0.717, 1.165) is 24.5 Å². The number of carbonyl (C=O) groups is 1. The third-order valence-corrected chi connectivity index (χ3v) is 2.66. The van der Waals surface area contributed by atoms with Crippen LogP contribution in [0.15, 0.2) is 30.6 Å². The Bertz CT molecular complexity index is 685. The van der Waals surface area contributed by atoms with Crippen LogP contribution in [0.4, 0.5) is 13.2 Å². The van der Waals surface area contributed by atoms with Crippen LogP contribution in [0, 0.1) is 0 Å². The van der Waals surface area contributed by atoms with Gasteiger partial charge in [-0.2, -0.15) is 13.2 Å². The molecule has 1 aromatic carbocycles. The first-order valence-corrected chi connectivity index (χ1v) is 6.07. The highest BCUT2D eigenvalue weighted by atomic mass is 19.4. The summed E-state index contributed by atoms with van der Waals surface area (Å²) in [6.07, 6.45) is -2.34. The van der Waals surface area contributed by atoms with Crippen LogP contribution in [0.25, 0.3) is 0 Å². The van der Waals surface area contributed by atoms with E-state index in [1.165, 1.54) is 20.1 Å². The molecule has 0 atom stereocenters. The molecule has 1 aromatic heterocycles. The van der Waals surface area contributed by atoms with E-state index in [9.17, 15) is 18.0 Å². The fraction of sp³-hybridized carbons (Fsp3) is 0.214. The van der Waals surface area contributed by atoms with E-state index in [0.29, 0.717) is 0 Å². The molecule has 22 heavy (non-hydrogen) atoms. The Hall–Kier alpha value is -2.64. The standard InChI is InChI=1S/C14H11F3N2O3/c1-8(20)13-18-6-10(7-19-13)22-12-4-3-9(21-2)5-11(12)14(15,16)17/h3-7H,1-2H3. The lowest BCUT2D eigenvalue weighted by Crippen LogP contribution is -2.08. The highest BCUT2D eigenvalue weighted by Gasteiger charge is 2.35. The van der Waals surface area contributed by atoms with Crippen LogP contribution in [-0.2, 0) is 6.18 Å². The quantitative estimate of drug-likeness (QED) is 0.809. The van der Waals surface area contributed by atoms with Crippen LogP contribution in [0.2, 0.25) is 0 Å². The van der Waals surface area contributed by atoms with E-state index >= 15 is 0 Å². The zero-order valence-corrected chi connectivity index (χ0v) is 11.6. The summed E-state index contributed by atoms with van der Waals surface area (Å²) in [6.45, 7) is 1.28. The molecule has 5 nitrogen and oxygen atoms in total. The summed E-state index contributed by atoms with van der Waals surface area (Å²) >= 11 is 0. The molecule has 0 radical (unpaired) electrons. The molecule has 116 valence electrons. The van der Waals surface area contributed by atoms with Crippen molar-refractivity contribution in [2.24, 2.45) is 0 Å². The fourth-order valence-corrected chi connectivity index (χ4v) is 1.62. The smallest absolute Gasteiger partial charge is 0.420 e. The lowest BCUT2D eigenvalue weighted by Gasteiger charge is -2.14. The second kappa shape index (κ2) is 6.00. The number of benzene rings is 1. The Balaban J connectivity index is 2.34. The molecule has 2 rings (SSSR count). The van der Waals surface area contributed by atoms with E-state index in [1.807, 2.05) is 0 Å². The summed E-state index contributed by atoms with van der Waals surface area (Å²) in [6, 6.07) is 3.32. The van der Waals surface area contributed by atoms with Crippen molar-refractivity contribution in [3.63, 3.8) is 0 Å². The number of methoxy groups -OCH3 is 1. The second-order valence-electron chi connectivity index (χ2n) is 4.26. The first-order chi connectivity index (χ1) is 10.3. The maximum atomic E-state index is 13.0. The number of aromatic nitrogens is 2. The molecule has 0 spiro atoms. The van der Waals surface area contributed by atoms with Gasteiger partial charge in [-0.25, -0.2) is 9.97 Å². The number of ketones is 1. The minimum Gasteiger partial charge on any atom is -0.497 e. The fourth-order valence-electron chi connectivity index (χ4n) is 1.62. The van der Waals surface area contributed by atoms with Crippen molar-refractivity contribution in [1.82, 2.24) is 9.97 Å². The number of ether oxygens (including phenoxy) is 2. The zero-order chi connectivity index (χ0) is 16.3. The van der Waals surface area contributed by atoms with Crippen molar-refractivity contribution in [2.75, 3.05) is 7.11 Å². The molecular formula is C14H11F3N2O3. The molecule has 0 saturated carbocycles. The number of rotatable bonds is 4. The predicted octanol–water partition coefficient (Wildman–Crippen LogP) is 3.50. The summed E-state index contributed by atoms with van der Waals surface area (Å²) in [5, 5.41) is 0. The Morgan fingerprint density at radius 1 is 1.14 bits per heavy atom. The van der Waals surface area contributed by atoms with Gasteiger partial charge in [-0.3, -0.25) is 4.79 Å². The Kier molecular flexibility index (Phi) is 4.30. The average Bonchev–Trinajstić information content (AvgIpc) is 2.47. The average molecular weight is 312 g/mol. The molecule has 2 aromatic rings. The van der Waals surface area contributed by atoms with Crippen molar-refractivity contribution in [1.29, 1.82) is 0 Å². The van der Waals surface area contributed by atoms with Crippen molar-refractivity contribution in [3.05, 3.63) is 42.0 Å². The normalized spacial score (nSPS) is 11.1. The summed E-state index contributed by atoms with van der Waals surface area (Å²) < 4.78 is 49.0. The van der Waals surface area contributed by atoms with Crippen molar-refractivity contribution >= 4 is 5.78 Å². The van der Waals surface area contributed by atoms with Gasteiger partial charge in [0.25, 0.3) is 0 Å². The molecular weight excluding hydrogens is 301 g/mol. The van der Waals surface area contributed by atoms with Crippen molar-refractivity contribution in [2.45, 2.75) is 13.1 Å². The predicted molar refractivity (Wildman–Crippen MR) is 70.1 cm³/mol. The molecule has 8 heteroatoms. The third-order valence-electron chi connectivity index (χ3n) is 2.66. The number of hydrogen-bond donors (Lipinski definition) is 0. The maximum Gasteiger partial charge on any atom is 0.420 e. The minimum atomic E-state index is -4.61. The molecule has 0 amide bonds. The minimum absolute atomic E-state index is 0.0133. The van der Waals surface area contributed by atoms with Gasteiger partial charge in [-0.05, 0) is 18.2 Å². The van der Waals surface area contributed by atoms with Crippen molar-refractivity contribution in [3.8, 4) is 17.2 Å². The topological polar surface area (TPSA) is 61.3 Å². The first kappa shape index (κ1) is 15.7. The lowest BCUT2D eigenvalue weighted by molar-refractivity contribution is -0.138. The number of nitrogens with zero attached hydrogens (tertiary/aromatic N) is 2. The second-order valence-corrected chi connectivity index (χ2v) is 4.26. The van der Waals surface area contributed by atoms with Crippen molar-refractivity contribution < 1.29 is 27.4 Å². The van der Waals surface area contributed by atoms with Gasteiger partial charge in [0.2, 0.25) is 0 Å². The van der Waals surface area contributed by atoms with Crippen LogP contribution >= 0.6 is 0 Å². The third kappa shape index (κ3) is 3.51. The van der Waals surface area contributed by atoms with Gasteiger partial charge in [0.15, 0.2) is 17.4 Å². The molecule has 0 bridgehead atoms.